The Bertz CT molecular complexity index is 553. The van der Waals surface area contributed by atoms with E-state index in [0.29, 0.717) is 12.0 Å². The first kappa shape index (κ1) is 16.9. The number of benzene rings is 1. The number of carboxylic acid groups (broad SMARTS) is 1. The highest BCUT2D eigenvalue weighted by Crippen LogP contribution is 2.30. The minimum atomic E-state index is -1.24. The van der Waals surface area contributed by atoms with E-state index >= 15 is 0 Å². The SMILES string of the molecule is COC(C)(C)CCOc1cc(C(=O)O)cc([N+](=O)[O-])c1C. The largest absolute Gasteiger partial charge is 0.493 e. The molecule has 0 aliphatic heterocycles. The lowest BCUT2D eigenvalue weighted by atomic mass is 10.1. The van der Waals surface area contributed by atoms with E-state index in [-0.39, 0.29) is 29.2 Å². The molecule has 0 aliphatic carbocycles. The van der Waals surface area contributed by atoms with Crippen molar-refractivity contribution in [2.45, 2.75) is 32.8 Å². The Morgan fingerprint density at radius 1 is 1.43 bits per heavy atom. The quantitative estimate of drug-likeness (QED) is 0.613. The molecule has 0 heterocycles. The van der Waals surface area contributed by atoms with Gasteiger partial charge in [0.1, 0.15) is 5.75 Å². The van der Waals surface area contributed by atoms with Gasteiger partial charge >= 0.3 is 5.97 Å². The van der Waals surface area contributed by atoms with Crippen molar-refractivity contribution in [1.29, 1.82) is 0 Å². The van der Waals surface area contributed by atoms with E-state index in [4.69, 9.17) is 14.6 Å². The van der Waals surface area contributed by atoms with Crippen molar-refractivity contribution in [3.8, 4) is 5.75 Å². The molecule has 1 rings (SSSR count). The molecule has 1 N–H and O–H groups in total. The van der Waals surface area contributed by atoms with Crippen LogP contribution in [0.15, 0.2) is 12.1 Å². The molecule has 0 atom stereocenters. The lowest BCUT2D eigenvalue weighted by Gasteiger charge is -2.23. The van der Waals surface area contributed by atoms with Gasteiger partial charge in [-0.2, -0.15) is 0 Å². The Labute approximate surface area is 122 Å². The molecule has 0 saturated heterocycles. The molecule has 116 valence electrons. The molecule has 7 heteroatoms. The van der Waals surface area contributed by atoms with Gasteiger partial charge in [-0.05, 0) is 26.8 Å². The number of aromatic carboxylic acids is 1. The van der Waals surface area contributed by atoms with E-state index in [9.17, 15) is 14.9 Å². The lowest BCUT2D eigenvalue weighted by Crippen LogP contribution is -2.25. The van der Waals surface area contributed by atoms with Gasteiger partial charge in [0, 0.05) is 19.6 Å². The summed E-state index contributed by atoms with van der Waals surface area (Å²) in [5, 5.41) is 20.0. The molecule has 0 amide bonds. The summed E-state index contributed by atoms with van der Waals surface area (Å²) in [6, 6.07) is 2.33. The fourth-order valence-corrected chi connectivity index (χ4v) is 1.64. The minimum Gasteiger partial charge on any atom is -0.493 e. The van der Waals surface area contributed by atoms with Crippen LogP contribution in [0, 0.1) is 17.0 Å². The number of methoxy groups -OCH3 is 1. The second-order valence-corrected chi connectivity index (χ2v) is 5.24. The van der Waals surface area contributed by atoms with E-state index in [1.54, 1.807) is 7.11 Å². The number of carbonyl (C=O) groups is 1. The molecule has 0 spiro atoms. The summed E-state index contributed by atoms with van der Waals surface area (Å²) in [4.78, 5) is 21.4. The van der Waals surface area contributed by atoms with Crippen LogP contribution in [0.25, 0.3) is 0 Å². The molecule has 7 nitrogen and oxygen atoms in total. The zero-order valence-electron chi connectivity index (χ0n) is 12.5. The summed E-state index contributed by atoms with van der Waals surface area (Å²) in [7, 11) is 1.58. The van der Waals surface area contributed by atoms with Crippen LogP contribution in [-0.2, 0) is 4.74 Å². The van der Waals surface area contributed by atoms with Crippen molar-refractivity contribution >= 4 is 11.7 Å². The van der Waals surface area contributed by atoms with Crippen molar-refractivity contribution in [2.75, 3.05) is 13.7 Å². The number of nitrogens with zero attached hydrogens (tertiary/aromatic N) is 1. The number of carboxylic acids is 1. The van der Waals surface area contributed by atoms with Gasteiger partial charge in [-0.3, -0.25) is 10.1 Å². The third kappa shape index (κ3) is 4.42. The highest BCUT2D eigenvalue weighted by Gasteiger charge is 2.21. The van der Waals surface area contributed by atoms with Gasteiger partial charge < -0.3 is 14.6 Å². The minimum absolute atomic E-state index is 0.173. The first-order valence-corrected chi connectivity index (χ1v) is 6.38. The summed E-state index contributed by atoms with van der Waals surface area (Å²) < 4.78 is 10.8. The second-order valence-electron chi connectivity index (χ2n) is 5.24. The monoisotopic (exact) mass is 297 g/mol. The van der Waals surface area contributed by atoms with Crippen LogP contribution in [-0.4, -0.2) is 35.3 Å². The second kappa shape index (κ2) is 6.53. The van der Waals surface area contributed by atoms with Crippen molar-refractivity contribution in [1.82, 2.24) is 0 Å². The van der Waals surface area contributed by atoms with Crippen LogP contribution in [0.2, 0.25) is 0 Å². The maximum absolute atomic E-state index is 11.0. The number of rotatable bonds is 7. The van der Waals surface area contributed by atoms with Gasteiger partial charge in [0.25, 0.3) is 5.69 Å². The molecule has 0 aromatic heterocycles. The van der Waals surface area contributed by atoms with Crippen LogP contribution < -0.4 is 4.74 Å². The fourth-order valence-electron chi connectivity index (χ4n) is 1.64. The van der Waals surface area contributed by atoms with Crippen molar-refractivity contribution < 1.29 is 24.3 Å². The molecule has 0 radical (unpaired) electrons. The van der Waals surface area contributed by atoms with Crippen LogP contribution in [0.1, 0.15) is 36.2 Å². The number of hydrogen-bond acceptors (Lipinski definition) is 5. The lowest BCUT2D eigenvalue weighted by molar-refractivity contribution is -0.385. The maximum atomic E-state index is 11.0. The highest BCUT2D eigenvalue weighted by atomic mass is 16.6. The average Bonchev–Trinajstić information content (AvgIpc) is 2.39. The number of hydrogen-bond donors (Lipinski definition) is 1. The molecule has 0 saturated carbocycles. The topological polar surface area (TPSA) is 98.9 Å². The van der Waals surface area contributed by atoms with E-state index in [2.05, 4.69) is 0 Å². The van der Waals surface area contributed by atoms with E-state index in [1.165, 1.54) is 13.0 Å². The van der Waals surface area contributed by atoms with Crippen molar-refractivity contribution in [3.05, 3.63) is 33.4 Å². The van der Waals surface area contributed by atoms with E-state index < -0.39 is 10.9 Å². The predicted molar refractivity (Wildman–Crippen MR) is 76.0 cm³/mol. The molecule has 0 aliphatic rings. The zero-order chi connectivity index (χ0) is 16.2. The summed E-state index contributed by atoms with van der Waals surface area (Å²) in [6.07, 6.45) is 0.564. The van der Waals surface area contributed by atoms with Crippen molar-refractivity contribution in [3.63, 3.8) is 0 Å². The van der Waals surface area contributed by atoms with Crippen molar-refractivity contribution in [2.24, 2.45) is 0 Å². The Morgan fingerprint density at radius 2 is 2.05 bits per heavy atom. The average molecular weight is 297 g/mol. The first-order chi connectivity index (χ1) is 9.68. The number of nitro benzene ring substituents is 1. The molecule has 0 fully saturated rings. The summed E-state index contributed by atoms with van der Waals surface area (Å²) >= 11 is 0. The third-order valence-electron chi connectivity index (χ3n) is 3.29. The smallest absolute Gasteiger partial charge is 0.336 e. The standard InChI is InChI=1S/C14H19NO6/c1-9-11(15(18)19)7-10(13(16)17)8-12(9)21-6-5-14(2,3)20-4/h7-8H,5-6H2,1-4H3,(H,16,17). The number of nitro groups is 1. The van der Waals surface area contributed by atoms with Crippen LogP contribution in [0.3, 0.4) is 0 Å². The fraction of sp³-hybridized carbons (Fsp3) is 0.500. The first-order valence-electron chi connectivity index (χ1n) is 6.38. The van der Waals surface area contributed by atoms with Crippen LogP contribution in [0.4, 0.5) is 5.69 Å². The number of ether oxygens (including phenoxy) is 2. The van der Waals surface area contributed by atoms with Crippen LogP contribution in [0.5, 0.6) is 5.75 Å². The van der Waals surface area contributed by atoms with Gasteiger partial charge in [-0.1, -0.05) is 0 Å². The summed E-state index contributed by atoms with van der Waals surface area (Å²) in [5.74, 6) is -1.03. The Hall–Kier alpha value is -2.15. The van der Waals surface area contributed by atoms with E-state index in [0.717, 1.165) is 6.07 Å². The van der Waals surface area contributed by atoms with Crippen LogP contribution >= 0.6 is 0 Å². The molecule has 1 aromatic rings. The van der Waals surface area contributed by atoms with Gasteiger partial charge in [0.05, 0.1) is 28.3 Å². The summed E-state index contributed by atoms with van der Waals surface area (Å²) in [6.45, 7) is 5.57. The zero-order valence-corrected chi connectivity index (χ0v) is 12.5. The Kier molecular flexibility index (Phi) is 5.26. The van der Waals surface area contributed by atoms with Gasteiger partial charge in [0.2, 0.25) is 0 Å². The molecular formula is C14H19NO6. The normalized spacial score (nSPS) is 11.2. The summed E-state index contributed by atoms with van der Waals surface area (Å²) in [5.41, 5.74) is -0.519. The molecule has 0 unspecified atom stereocenters. The molecule has 1 aromatic carbocycles. The van der Waals surface area contributed by atoms with Gasteiger partial charge in [0.15, 0.2) is 0 Å². The molecular weight excluding hydrogens is 278 g/mol. The third-order valence-corrected chi connectivity index (χ3v) is 3.29. The van der Waals surface area contributed by atoms with Gasteiger partial charge in [-0.15, -0.1) is 0 Å². The molecule has 0 bridgehead atoms. The maximum Gasteiger partial charge on any atom is 0.336 e. The van der Waals surface area contributed by atoms with Gasteiger partial charge in [-0.25, -0.2) is 4.79 Å². The Morgan fingerprint density at radius 3 is 2.52 bits per heavy atom. The molecule has 21 heavy (non-hydrogen) atoms. The predicted octanol–water partition coefficient (Wildman–Crippen LogP) is 2.80. The highest BCUT2D eigenvalue weighted by molar-refractivity contribution is 5.89. The Balaban J connectivity index is 3.00. The van der Waals surface area contributed by atoms with E-state index in [1.807, 2.05) is 13.8 Å².